The van der Waals surface area contributed by atoms with Gasteiger partial charge in [-0.15, -0.1) is 5.10 Å². The van der Waals surface area contributed by atoms with Crippen molar-refractivity contribution in [3.8, 4) is 5.69 Å². The largest absolute Gasteiger partial charge is 0.326 e. The Kier molecular flexibility index (Phi) is 3.42. The lowest BCUT2D eigenvalue weighted by molar-refractivity contribution is -0.118. The number of nitrogens with zero attached hydrogens (tertiary/aromatic N) is 4. The number of nitrogens with two attached hydrogens (primary N) is 1. The van der Waals surface area contributed by atoms with Gasteiger partial charge in [-0.05, 0) is 54.3 Å². The molecule has 3 N–H and O–H groups in total. The highest BCUT2D eigenvalue weighted by Gasteiger charge is 2.34. The molecule has 0 radical (unpaired) electrons. The fourth-order valence-corrected chi connectivity index (χ4v) is 2.49. The number of aromatic nitrogens is 4. The maximum atomic E-state index is 12.1. The highest BCUT2D eigenvalue weighted by atomic mass is 16.1. The van der Waals surface area contributed by atoms with Gasteiger partial charge < -0.3 is 11.1 Å². The van der Waals surface area contributed by atoms with Gasteiger partial charge in [0, 0.05) is 17.6 Å². The second kappa shape index (κ2) is 5.25. The SMILES string of the molecule is Cc1ccc(-n2cnnn2)cc1NC(=O)CC1(N)CCC1. The van der Waals surface area contributed by atoms with Crippen LogP contribution in [0, 0.1) is 6.92 Å². The maximum Gasteiger partial charge on any atom is 0.226 e. The normalized spacial score (nSPS) is 16.3. The van der Waals surface area contributed by atoms with E-state index >= 15 is 0 Å². The number of tetrazole rings is 1. The van der Waals surface area contributed by atoms with Crippen LogP contribution in [0.3, 0.4) is 0 Å². The molecule has 7 heteroatoms. The molecule has 1 aliphatic rings. The topological polar surface area (TPSA) is 98.7 Å². The predicted octanol–water partition coefficient (Wildman–Crippen LogP) is 1.18. The van der Waals surface area contributed by atoms with Crippen LogP contribution < -0.4 is 11.1 Å². The molecule has 1 saturated carbocycles. The zero-order chi connectivity index (χ0) is 14.9. The number of aryl methyl sites for hydroxylation is 1. The van der Waals surface area contributed by atoms with Crippen LogP contribution >= 0.6 is 0 Å². The molecule has 1 aliphatic carbocycles. The van der Waals surface area contributed by atoms with Gasteiger partial charge in [-0.3, -0.25) is 4.79 Å². The van der Waals surface area contributed by atoms with Gasteiger partial charge in [0.15, 0.2) is 0 Å². The fourth-order valence-electron chi connectivity index (χ4n) is 2.49. The molecule has 110 valence electrons. The second-order valence-electron chi connectivity index (χ2n) is 5.69. The van der Waals surface area contributed by atoms with Gasteiger partial charge in [0.1, 0.15) is 6.33 Å². The number of hydrogen-bond acceptors (Lipinski definition) is 5. The number of anilines is 1. The van der Waals surface area contributed by atoms with Crippen molar-refractivity contribution in [1.82, 2.24) is 20.2 Å². The minimum atomic E-state index is -0.314. The van der Waals surface area contributed by atoms with E-state index in [-0.39, 0.29) is 11.4 Å². The summed E-state index contributed by atoms with van der Waals surface area (Å²) in [6.07, 6.45) is 4.83. The van der Waals surface area contributed by atoms with Gasteiger partial charge in [0.2, 0.25) is 5.91 Å². The summed E-state index contributed by atoms with van der Waals surface area (Å²) in [5, 5.41) is 14.0. The first-order valence-electron chi connectivity index (χ1n) is 6.99. The molecule has 0 saturated heterocycles. The van der Waals surface area contributed by atoms with Crippen molar-refractivity contribution in [3.05, 3.63) is 30.1 Å². The van der Waals surface area contributed by atoms with Gasteiger partial charge in [0.25, 0.3) is 0 Å². The lowest BCUT2D eigenvalue weighted by Crippen LogP contribution is -2.48. The monoisotopic (exact) mass is 286 g/mol. The van der Waals surface area contributed by atoms with Crippen LogP contribution in [0.25, 0.3) is 5.69 Å². The standard InChI is InChI=1S/C14H18N6O/c1-10-3-4-11(20-9-16-18-19-20)7-12(10)17-13(21)8-14(15)5-2-6-14/h3-4,7,9H,2,5-6,8,15H2,1H3,(H,17,21). The Hall–Kier alpha value is -2.28. The van der Waals surface area contributed by atoms with Crippen molar-refractivity contribution in [2.45, 2.75) is 38.1 Å². The number of carbonyl (C=O) groups excluding carboxylic acids is 1. The zero-order valence-corrected chi connectivity index (χ0v) is 11.9. The Morgan fingerprint density at radius 1 is 1.48 bits per heavy atom. The summed E-state index contributed by atoms with van der Waals surface area (Å²) in [6, 6.07) is 5.68. The van der Waals surface area contributed by atoms with Crippen LogP contribution in [-0.2, 0) is 4.79 Å². The van der Waals surface area contributed by atoms with E-state index in [9.17, 15) is 4.79 Å². The minimum absolute atomic E-state index is 0.0471. The van der Waals surface area contributed by atoms with Crippen molar-refractivity contribution in [2.75, 3.05) is 5.32 Å². The van der Waals surface area contributed by atoms with E-state index in [1.807, 2.05) is 25.1 Å². The van der Waals surface area contributed by atoms with Crippen LogP contribution in [0.2, 0.25) is 0 Å². The summed E-state index contributed by atoms with van der Waals surface area (Å²) in [5.41, 5.74) is 8.34. The second-order valence-corrected chi connectivity index (χ2v) is 5.69. The number of carbonyl (C=O) groups is 1. The Bertz CT molecular complexity index is 647. The molecular weight excluding hydrogens is 268 g/mol. The van der Waals surface area contributed by atoms with Gasteiger partial charge in [-0.2, -0.15) is 0 Å². The Morgan fingerprint density at radius 3 is 2.90 bits per heavy atom. The smallest absolute Gasteiger partial charge is 0.226 e. The van der Waals surface area contributed by atoms with Gasteiger partial charge in [0.05, 0.1) is 5.69 Å². The summed E-state index contributed by atoms with van der Waals surface area (Å²) in [4.78, 5) is 12.1. The molecule has 0 unspecified atom stereocenters. The third-order valence-electron chi connectivity index (χ3n) is 3.97. The van der Waals surface area contributed by atoms with Crippen LogP contribution in [0.4, 0.5) is 5.69 Å². The van der Waals surface area contributed by atoms with E-state index in [1.54, 1.807) is 4.68 Å². The number of amides is 1. The number of benzene rings is 1. The minimum Gasteiger partial charge on any atom is -0.326 e. The lowest BCUT2D eigenvalue weighted by atomic mass is 9.75. The van der Waals surface area contributed by atoms with E-state index in [4.69, 9.17) is 5.73 Å². The average molecular weight is 286 g/mol. The maximum absolute atomic E-state index is 12.1. The van der Waals surface area contributed by atoms with Gasteiger partial charge in [-0.25, -0.2) is 4.68 Å². The Labute approximate surface area is 122 Å². The first-order chi connectivity index (χ1) is 10.1. The molecule has 0 spiro atoms. The quantitative estimate of drug-likeness (QED) is 0.879. The van der Waals surface area contributed by atoms with E-state index in [1.165, 1.54) is 6.33 Å². The van der Waals surface area contributed by atoms with Crippen LogP contribution in [0.1, 0.15) is 31.2 Å². The van der Waals surface area contributed by atoms with Crippen LogP contribution in [0.15, 0.2) is 24.5 Å². The van der Waals surface area contributed by atoms with Crippen LogP contribution in [0.5, 0.6) is 0 Å². The zero-order valence-electron chi connectivity index (χ0n) is 11.9. The molecule has 7 nitrogen and oxygen atoms in total. The third-order valence-corrected chi connectivity index (χ3v) is 3.97. The highest BCUT2D eigenvalue weighted by molar-refractivity contribution is 5.92. The molecular formula is C14H18N6O. The molecule has 1 aromatic heterocycles. The van der Waals surface area contributed by atoms with E-state index in [0.29, 0.717) is 6.42 Å². The lowest BCUT2D eigenvalue weighted by Gasteiger charge is -2.37. The molecule has 1 amide bonds. The van der Waals surface area contributed by atoms with Crippen molar-refractivity contribution in [1.29, 1.82) is 0 Å². The Balaban J connectivity index is 1.75. The molecule has 1 fully saturated rings. The third kappa shape index (κ3) is 2.92. The average Bonchev–Trinajstić information content (AvgIpc) is 2.93. The number of rotatable bonds is 4. The predicted molar refractivity (Wildman–Crippen MR) is 77.9 cm³/mol. The molecule has 21 heavy (non-hydrogen) atoms. The Morgan fingerprint density at radius 2 is 2.29 bits per heavy atom. The van der Waals surface area contributed by atoms with Crippen molar-refractivity contribution in [2.24, 2.45) is 5.73 Å². The van der Waals surface area contributed by atoms with Crippen molar-refractivity contribution < 1.29 is 4.79 Å². The molecule has 0 bridgehead atoms. The number of nitrogens with one attached hydrogen (secondary N) is 1. The molecule has 0 atom stereocenters. The van der Waals surface area contributed by atoms with Crippen molar-refractivity contribution >= 4 is 11.6 Å². The van der Waals surface area contributed by atoms with E-state index in [2.05, 4.69) is 20.8 Å². The fraction of sp³-hybridized carbons (Fsp3) is 0.429. The van der Waals surface area contributed by atoms with E-state index < -0.39 is 0 Å². The molecule has 3 rings (SSSR count). The van der Waals surface area contributed by atoms with Crippen molar-refractivity contribution in [3.63, 3.8) is 0 Å². The van der Waals surface area contributed by atoms with Gasteiger partial charge in [-0.1, -0.05) is 6.07 Å². The molecule has 1 heterocycles. The van der Waals surface area contributed by atoms with Crippen LogP contribution in [-0.4, -0.2) is 31.7 Å². The summed E-state index contributed by atoms with van der Waals surface area (Å²) < 4.78 is 1.55. The molecule has 2 aromatic rings. The first kappa shape index (κ1) is 13.7. The molecule has 1 aromatic carbocycles. The summed E-state index contributed by atoms with van der Waals surface area (Å²) in [6.45, 7) is 1.94. The van der Waals surface area contributed by atoms with Gasteiger partial charge >= 0.3 is 0 Å². The summed E-state index contributed by atoms with van der Waals surface area (Å²) >= 11 is 0. The summed E-state index contributed by atoms with van der Waals surface area (Å²) in [5.74, 6) is -0.0471. The highest BCUT2D eigenvalue weighted by Crippen LogP contribution is 2.32. The molecule has 0 aliphatic heterocycles. The van der Waals surface area contributed by atoms with E-state index in [0.717, 1.165) is 36.2 Å². The number of hydrogen-bond donors (Lipinski definition) is 2. The first-order valence-corrected chi connectivity index (χ1v) is 6.99. The summed E-state index contributed by atoms with van der Waals surface area (Å²) in [7, 11) is 0.